The molecule has 1 rings (SSSR count). The van der Waals surface area contributed by atoms with Gasteiger partial charge >= 0.3 is 0 Å². The second-order valence-electron chi connectivity index (χ2n) is 6.27. The van der Waals surface area contributed by atoms with Gasteiger partial charge in [-0.3, -0.25) is 0 Å². The van der Waals surface area contributed by atoms with Crippen LogP contribution in [0.15, 0.2) is 24.3 Å². The van der Waals surface area contributed by atoms with Crippen molar-refractivity contribution < 1.29 is 9.84 Å². The lowest BCUT2D eigenvalue weighted by atomic mass is 9.82. The Morgan fingerprint density at radius 1 is 1.20 bits per heavy atom. The summed E-state index contributed by atoms with van der Waals surface area (Å²) in [6.07, 6.45) is 1.11. The van der Waals surface area contributed by atoms with E-state index in [-0.39, 0.29) is 18.1 Å². The number of aliphatic hydroxyl groups excluding tert-OH is 1. The van der Waals surface area contributed by atoms with E-state index < -0.39 is 0 Å². The second kappa shape index (κ2) is 7.65. The molecule has 0 bridgehead atoms. The number of rotatable bonds is 8. The van der Waals surface area contributed by atoms with Crippen LogP contribution in [0.4, 0.5) is 0 Å². The van der Waals surface area contributed by atoms with E-state index in [0.29, 0.717) is 12.6 Å². The molecule has 0 aromatic heterocycles. The van der Waals surface area contributed by atoms with E-state index in [9.17, 15) is 5.11 Å². The summed E-state index contributed by atoms with van der Waals surface area (Å²) in [5, 5.41) is 12.6. The zero-order chi connectivity index (χ0) is 15.2. The lowest BCUT2D eigenvalue weighted by Crippen LogP contribution is -2.41. The van der Waals surface area contributed by atoms with E-state index >= 15 is 0 Å². The monoisotopic (exact) mass is 279 g/mol. The molecule has 0 saturated carbocycles. The number of hydrogen-bond acceptors (Lipinski definition) is 3. The van der Waals surface area contributed by atoms with Crippen LogP contribution in [0.1, 0.15) is 46.6 Å². The standard InChI is InChI=1S/C17H29NO2/c1-6-17(4,5)14-7-9-16(10-8-14)20-12-15(11-19)18-13(2)3/h7-10,13,15,18-19H,6,11-12H2,1-5H3. The average Bonchev–Trinajstić information content (AvgIpc) is 2.43. The molecule has 1 unspecified atom stereocenters. The number of hydrogen-bond donors (Lipinski definition) is 2. The fourth-order valence-electron chi connectivity index (χ4n) is 2.03. The van der Waals surface area contributed by atoms with Crippen molar-refractivity contribution in [1.82, 2.24) is 5.32 Å². The predicted molar refractivity (Wildman–Crippen MR) is 84.4 cm³/mol. The van der Waals surface area contributed by atoms with Crippen molar-refractivity contribution in [3.8, 4) is 5.75 Å². The highest BCUT2D eigenvalue weighted by molar-refractivity contribution is 5.31. The molecule has 20 heavy (non-hydrogen) atoms. The fourth-order valence-corrected chi connectivity index (χ4v) is 2.03. The van der Waals surface area contributed by atoms with Crippen molar-refractivity contribution in [3.05, 3.63) is 29.8 Å². The number of ether oxygens (including phenoxy) is 1. The van der Waals surface area contributed by atoms with Crippen molar-refractivity contribution in [2.45, 2.75) is 58.5 Å². The van der Waals surface area contributed by atoms with Crippen LogP contribution in [-0.4, -0.2) is 30.4 Å². The molecule has 3 heteroatoms. The van der Waals surface area contributed by atoms with Crippen LogP contribution in [0.3, 0.4) is 0 Å². The minimum absolute atomic E-state index is 0.0261. The maximum absolute atomic E-state index is 9.29. The van der Waals surface area contributed by atoms with E-state index in [1.165, 1.54) is 5.56 Å². The van der Waals surface area contributed by atoms with Gasteiger partial charge in [-0.05, 0) is 29.5 Å². The zero-order valence-electron chi connectivity index (χ0n) is 13.4. The molecule has 1 atom stereocenters. The number of benzene rings is 1. The molecule has 1 aromatic carbocycles. The van der Waals surface area contributed by atoms with Gasteiger partial charge < -0.3 is 15.2 Å². The third kappa shape index (κ3) is 5.14. The molecule has 0 spiro atoms. The molecule has 0 radical (unpaired) electrons. The van der Waals surface area contributed by atoms with Gasteiger partial charge in [-0.25, -0.2) is 0 Å². The quantitative estimate of drug-likeness (QED) is 0.768. The lowest BCUT2D eigenvalue weighted by Gasteiger charge is -2.24. The van der Waals surface area contributed by atoms with Crippen molar-refractivity contribution in [3.63, 3.8) is 0 Å². The van der Waals surface area contributed by atoms with Crippen LogP contribution < -0.4 is 10.1 Å². The van der Waals surface area contributed by atoms with E-state index in [4.69, 9.17) is 4.74 Å². The van der Waals surface area contributed by atoms with E-state index in [0.717, 1.165) is 12.2 Å². The van der Waals surface area contributed by atoms with Gasteiger partial charge in [0.2, 0.25) is 0 Å². The first-order valence-electron chi connectivity index (χ1n) is 7.49. The van der Waals surface area contributed by atoms with Gasteiger partial charge in [0.1, 0.15) is 12.4 Å². The van der Waals surface area contributed by atoms with Gasteiger partial charge in [0, 0.05) is 6.04 Å². The van der Waals surface area contributed by atoms with Gasteiger partial charge in [-0.2, -0.15) is 0 Å². The Balaban J connectivity index is 2.57. The minimum atomic E-state index is -0.0261. The molecule has 114 valence electrons. The topological polar surface area (TPSA) is 41.5 Å². The van der Waals surface area contributed by atoms with Crippen molar-refractivity contribution in [2.75, 3.05) is 13.2 Å². The van der Waals surface area contributed by atoms with E-state index in [1.807, 2.05) is 12.1 Å². The molecule has 0 aliphatic rings. The van der Waals surface area contributed by atoms with Gasteiger partial charge in [0.15, 0.2) is 0 Å². The van der Waals surface area contributed by atoms with Crippen molar-refractivity contribution >= 4 is 0 Å². The molecule has 0 saturated heterocycles. The Hall–Kier alpha value is -1.06. The minimum Gasteiger partial charge on any atom is -0.492 e. The van der Waals surface area contributed by atoms with Crippen LogP contribution in [0.2, 0.25) is 0 Å². The summed E-state index contributed by atoms with van der Waals surface area (Å²) in [6, 6.07) is 8.59. The Kier molecular flexibility index (Phi) is 6.50. The summed E-state index contributed by atoms with van der Waals surface area (Å²) >= 11 is 0. The molecule has 0 aliphatic carbocycles. The van der Waals surface area contributed by atoms with Crippen molar-refractivity contribution in [2.24, 2.45) is 0 Å². The highest BCUT2D eigenvalue weighted by Crippen LogP contribution is 2.28. The number of nitrogens with one attached hydrogen (secondary N) is 1. The largest absolute Gasteiger partial charge is 0.492 e. The summed E-state index contributed by atoms with van der Waals surface area (Å²) in [5.41, 5.74) is 1.53. The van der Waals surface area contributed by atoms with Gasteiger partial charge in [-0.1, -0.05) is 46.8 Å². The maximum Gasteiger partial charge on any atom is 0.119 e. The highest BCUT2D eigenvalue weighted by atomic mass is 16.5. The third-order valence-corrected chi connectivity index (χ3v) is 3.76. The van der Waals surface area contributed by atoms with E-state index in [2.05, 4.69) is 52.1 Å². The smallest absolute Gasteiger partial charge is 0.119 e. The first-order chi connectivity index (χ1) is 9.39. The third-order valence-electron chi connectivity index (χ3n) is 3.76. The van der Waals surface area contributed by atoms with Crippen LogP contribution in [0, 0.1) is 0 Å². The number of aliphatic hydroxyl groups is 1. The summed E-state index contributed by atoms with van der Waals surface area (Å²) in [5.74, 6) is 0.852. The first-order valence-corrected chi connectivity index (χ1v) is 7.49. The molecule has 0 heterocycles. The molecule has 0 aliphatic heterocycles. The Bertz CT molecular complexity index is 384. The Morgan fingerprint density at radius 2 is 1.80 bits per heavy atom. The SMILES string of the molecule is CCC(C)(C)c1ccc(OCC(CO)NC(C)C)cc1. The molecule has 0 amide bonds. The molecular weight excluding hydrogens is 250 g/mol. The van der Waals surface area contributed by atoms with Crippen LogP contribution >= 0.6 is 0 Å². The van der Waals surface area contributed by atoms with Gasteiger partial charge in [0.05, 0.1) is 12.6 Å². The average molecular weight is 279 g/mol. The fraction of sp³-hybridized carbons (Fsp3) is 0.647. The summed E-state index contributed by atoms with van der Waals surface area (Å²) in [6.45, 7) is 11.4. The zero-order valence-corrected chi connectivity index (χ0v) is 13.4. The van der Waals surface area contributed by atoms with E-state index in [1.54, 1.807) is 0 Å². The Morgan fingerprint density at radius 3 is 2.25 bits per heavy atom. The lowest BCUT2D eigenvalue weighted by molar-refractivity contribution is 0.177. The second-order valence-corrected chi connectivity index (χ2v) is 6.27. The maximum atomic E-state index is 9.29. The van der Waals surface area contributed by atoms with Crippen LogP contribution in [0.25, 0.3) is 0 Å². The first kappa shape index (κ1) is 17.0. The molecule has 0 fully saturated rings. The van der Waals surface area contributed by atoms with Gasteiger partial charge in [-0.15, -0.1) is 0 Å². The summed E-state index contributed by atoms with van der Waals surface area (Å²) in [7, 11) is 0. The molecular formula is C17H29NO2. The molecule has 1 aromatic rings. The van der Waals surface area contributed by atoms with Crippen LogP contribution in [0.5, 0.6) is 5.75 Å². The highest BCUT2D eigenvalue weighted by Gasteiger charge is 2.17. The normalized spacial score (nSPS) is 13.6. The summed E-state index contributed by atoms with van der Waals surface area (Å²) in [4.78, 5) is 0. The molecule has 2 N–H and O–H groups in total. The molecule has 3 nitrogen and oxygen atoms in total. The van der Waals surface area contributed by atoms with Crippen molar-refractivity contribution in [1.29, 1.82) is 0 Å². The van der Waals surface area contributed by atoms with Gasteiger partial charge in [0.25, 0.3) is 0 Å². The Labute approximate surface area is 123 Å². The summed E-state index contributed by atoms with van der Waals surface area (Å²) < 4.78 is 5.74. The van der Waals surface area contributed by atoms with Crippen LogP contribution in [-0.2, 0) is 5.41 Å². The predicted octanol–water partition coefficient (Wildman–Crippen LogP) is 3.11.